The number of hydrogen-bond acceptors (Lipinski definition) is 6. The van der Waals surface area contributed by atoms with Crippen molar-refractivity contribution in [3.05, 3.63) is 0 Å². The second-order valence-electron chi connectivity index (χ2n) is 5.09. The second kappa shape index (κ2) is 6.96. The molecule has 0 aromatic carbocycles. The maximum atomic E-state index is 5.72. The van der Waals surface area contributed by atoms with Crippen LogP contribution in [-0.2, 0) is 0 Å². The molecule has 1 saturated heterocycles. The Morgan fingerprint density at radius 2 is 2.37 bits per heavy atom. The van der Waals surface area contributed by atoms with Crippen molar-refractivity contribution in [1.29, 1.82) is 0 Å². The van der Waals surface area contributed by atoms with Gasteiger partial charge in [0.2, 0.25) is 0 Å². The molecule has 2 rings (SSSR count). The first-order valence-corrected chi connectivity index (χ1v) is 7.76. The predicted molar refractivity (Wildman–Crippen MR) is 81.1 cm³/mol. The Hall–Kier alpha value is -1.01. The number of nitrogen functional groups attached to an aromatic ring is 1. The summed E-state index contributed by atoms with van der Waals surface area (Å²) in [6, 6.07) is 0.738. The Bertz CT molecular complexity index is 396. The third-order valence-electron chi connectivity index (χ3n) is 3.73. The molecule has 1 aliphatic rings. The minimum absolute atomic E-state index is 0.472. The Morgan fingerprint density at radius 1 is 1.53 bits per heavy atom. The van der Waals surface area contributed by atoms with Crippen molar-refractivity contribution in [1.82, 2.24) is 9.27 Å². The molecule has 1 fully saturated rings. The Labute approximate surface area is 119 Å². The first-order valence-electron chi connectivity index (χ1n) is 6.99. The fourth-order valence-electron chi connectivity index (χ4n) is 2.58. The highest BCUT2D eigenvalue weighted by molar-refractivity contribution is 7.11. The number of methoxy groups -OCH3 is 1. The largest absolute Gasteiger partial charge is 0.490 e. The molecule has 108 valence electrons. The summed E-state index contributed by atoms with van der Waals surface area (Å²) < 4.78 is 9.32. The number of likely N-dealkylation sites (tertiary alicyclic amines) is 1. The van der Waals surface area contributed by atoms with Gasteiger partial charge in [-0.2, -0.15) is 4.37 Å². The van der Waals surface area contributed by atoms with E-state index in [2.05, 4.69) is 21.5 Å². The highest BCUT2D eigenvalue weighted by Gasteiger charge is 2.17. The smallest absolute Gasteiger partial charge is 0.197 e. The van der Waals surface area contributed by atoms with Gasteiger partial charge >= 0.3 is 0 Å². The van der Waals surface area contributed by atoms with E-state index in [1.165, 1.54) is 37.3 Å². The van der Waals surface area contributed by atoms with Gasteiger partial charge in [-0.1, -0.05) is 6.42 Å². The van der Waals surface area contributed by atoms with E-state index in [0.29, 0.717) is 11.6 Å². The third-order valence-corrected chi connectivity index (χ3v) is 4.53. The summed E-state index contributed by atoms with van der Waals surface area (Å²) in [5, 5.41) is 4.30. The lowest BCUT2D eigenvalue weighted by Crippen LogP contribution is -2.38. The van der Waals surface area contributed by atoms with E-state index in [1.54, 1.807) is 7.11 Å². The number of ether oxygens (including phenoxy) is 1. The van der Waals surface area contributed by atoms with Crippen LogP contribution in [0, 0.1) is 0 Å². The van der Waals surface area contributed by atoms with Gasteiger partial charge in [-0.05, 0) is 44.3 Å². The first-order chi connectivity index (χ1) is 9.22. The molecule has 1 aromatic rings. The Balaban J connectivity index is 1.71. The predicted octanol–water partition coefficient (Wildman–Crippen LogP) is 2.41. The molecular weight excluding hydrogens is 260 g/mol. The molecule has 1 atom stereocenters. The second-order valence-corrected chi connectivity index (χ2v) is 5.86. The quantitative estimate of drug-likeness (QED) is 0.785. The topological polar surface area (TPSA) is 63.4 Å². The molecular formula is C13H24N4OS. The van der Waals surface area contributed by atoms with Crippen molar-refractivity contribution in [2.45, 2.75) is 38.6 Å². The number of rotatable bonds is 6. The van der Waals surface area contributed by atoms with Crippen molar-refractivity contribution in [2.75, 3.05) is 37.8 Å². The van der Waals surface area contributed by atoms with Gasteiger partial charge in [-0.25, -0.2) is 0 Å². The standard InChI is InChI=1S/C13H24N4OS/c1-10-6-3-4-8-17(10)9-5-7-15-13-11(18-2)12(14)16-19-13/h10,15H,3-9H2,1-2H3,(H2,14,16). The summed E-state index contributed by atoms with van der Waals surface area (Å²) in [4.78, 5) is 2.59. The molecule has 19 heavy (non-hydrogen) atoms. The summed E-state index contributed by atoms with van der Waals surface area (Å²) in [6.07, 6.45) is 5.20. The summed E-state index contributed by atoms with van der Waals surface area (Å²) >= 11 is 1.36. The Morgan fingerprint density at radius 3 is 3.11 bits per heavy atom. The van der Waals surface area contributed by atoms with E-state index < -0.39 is 0 Å². The van der Waals surface area contributed by atoms with Crippen LogP contribution in [0.4, 0.5) is 10.8 Å². The molecule has 0 aliphatic carbocycles. The lowest BCUT2D eigenvalue weighted by atomic mass is 10.0. The summed E-state index contributed by atoms with van der Waals surface area (Å²) in [6.45, 7) is 5.67. The number of hydrogen-bond donors (Lipinski definition) is 2. The van der Waals surface area contributed by atoms with Gasteiger partial charge in [0.1, 0.15) is 0 Å². The van der Waals surface area contributed by atoms with Gasteiger partial charge < -0.3 is 20.7 Å². The molecule has 1 unspecified atom stereocenters. The molecule has 1 aliphatic heterocycles. The average Bonchev–Trinajstić information content (AvgIpc) is 2.77. The van der Waals surface area contributed by atoms with E-state index in [1.807, 2.05) is 0 Å². The Kier molecular flexibility index (Phi) is 5.27. The first kappa shape index (κ1) is 14.4. The van der Waals surface area contributed by atoms with Crippen LogP contribution >= 0.6 is 11.5 Å². The zero-order chi connectivity index (χ0) is 13.7. The number of nitrogens with two attached hydrogens (primary N) is 1. The van der Waals surface area contributed by atoms with E-state index in [-0.39, 0.29) is 0 Å². The molecule has 2 heterocycles. The van der Waals surface area contributed by atoms with Crippen molar-refractivity contribution >= 4 is 22.4 Å². The van der Waals surface area contributed by atoms with Crippen LogP contribution in [0.25, 0.3) is 0 Å². The summed E-state index contributed by atoms with van der Waals surface area (Å²) in [5.41, 5.74) is 5.72. The van der Waals surface area contributed by atoms with Crippen LogP contribution in [0.5, 0.6) is 5.75 Å². The van der Waals surface area contributed by atoms with Crippen LogP contribution in [-0.4, -0.2) is 42.1 Å². The molecule has 5 nitrogen and oxygen atoms in total. The van der Waals surface area contributed by atoms with Gasteiger partial charge in [0.25, 0.3) is 0 Å². The SMILES string of the molecule is COc1c(N)nsc1NCCCN1CCCCC1C. The van der Waals surface area contributed by atoms with Gasteiger partial charge in [-0.15, -0.1) is 0 Å². The summed E-state index contributed by atoms with van der Waals surface area (Å²) in [5.74, 6) is 1.15. The molecule has 0 spiro atoms. The number of aromatic nitrogens is 1. The molecule has 0 bridgehead atoms. The van der Waals surface area contributed by atoms with Gasteiger partial charge in [0.05, 0.1) is 7.11 Å². The molecule has 0 saturated carbocycles. The minimum Gasteiger partial charge on any atom is -0.490 e. The molecule has 0 amide bonds. The zero-order valence-electron chi connectivity index (χ0n) is 11.8. The summed E-state index contributed by atoms with van der Waals surface area (Å²) in [7, 11) is 1.63. The molecule has 0 radical (unpaired) electrons. The normalized spacial score (nSPS) is 20.4. The maximum absolute atomic E-state index is 5.72. The van der Waals surface area contributed by atoms with E-state index >= 15 is 0 Å². The van der Waals surface area contributed by atoms with Crippen LogP contribution < -0.4 is 15.8 Å². The number of nitrogens with zero attached hydrogens (tertiary/aromatic N) is 2. The van der Waals surface area contributed by atoms with E-state index in [0.717, 1.165) is 30.6 Å². The van der Waals surface area contributed by atoms with Crippen molar-refractivity contribution in [3.63, 3.8) is 0 Å². The zero-order valence-corrected chi connectivity index (χ0v) is 12.6. The lowest BCUT2D eigenvalue weighted by molar-refractivity contribution is 0.160. The van der Waals surface area contributed by atoms with Gasteiger partial charge in [-0.3, -0.25) is 0 Å². The fraction of sp³-hybridized carbons (Fsp3) is 0.769. The van der Waals surface area contributed by atoms with Crippen molar-refractivity contribution < 1.29 is 4.74 Å². The highest BCUT2D eigenvalue weighted by Crippen LogP contribution is 2.34. The maximum Gasteiger partial charge on any atom is 0.197 e. The average molecular weight is 284 g/mol. The monoisotopic (exact) mass is 284 g/mol. The van der Waals surface area contributed by atoms with Crippen LogP contribution in [0.15, 0.2) is 0 Å². The third kappa shape index (κ3) is 3.73. The van der Waals surface area contributed by atoms with E-state index in [4.69, 9.17) is 10.5 Å². The molecule has 3 N–H and O–H groups in total. The number of anilines is 2. The lowest BCUT2D eigenvalue weighted by Gasteiger charge is -2.33. The molecule has 6 heteroatoms. The van der Waals surface area contributed by atoms with Crippen LogP contribution in [0.3, 0.4) is 0 Å². The highest BCUT2D eigenvalue weighted by atomic mass is 32.1. The molecule has 1 aromatic heterocycles. The van der Waals surface area contributed by atoms with Crippen LogP contribution in [0.1, 0.15) is 32.6 Å². The van der Waals surface area contributed by atoms with E-state index in [9.17, 15) is 0 Å². The number of nitrogens with one attached hydrogen (secondary N) is 1. The van der Waals surface area contributed by atoms with Gasteiger partial charge in [0.15, 0.2) is 16.6 Å². The minimum atomic E-state index is 0.472. The van der Waals surface area contributed by atoms with Crippen molar-refractivity contribution in [2.24, 2.45) is 0 Å². The number of piperidine rings is 1. The van der Waals surface area contributed by atoms with Gasteiger partial charge in [0, 0.05) is 19.1 Å². The van der Waals surface area contributed by atoms with Crippen molar-refractivity contribution in [3.8, 4) is 5.75 Å². The fourth-order valence-corrected chi connectivity index (χ4v) is 3.29. The van der Waals surface area contributed by atoms with Crippen LogP contribution in [0.2, 0.25) is 0 Å².